The highest BCUT2D eigenvalue weighted by atomic mass is 19.1. The van der Waals surface area contributed by atoms with E-state index in [0.29, 0.717) is 36.3 Å². The average Bonchev–Trinajstić information content (AvgIpc) is 3.55. The van der Waals surface area contributed by atoms with E-state index in [9.17, 15) is 9.65 Å². The molecule has 10 heteroatoms. The summed E-state index contributed by atoms with van der Waals surface area (Å²) in [4.78, 5) is 12.3. The Morgan fingerprint density at radius 3 is 2.49 bits per heavy atom. The second-order valence-corrected chi connectivity index (χ2v) is 12.2. The van der Waals surface area contributed by atoms with Crippen LogP contribution in [-0.2, 0) is 11.3 Å². The van der Waals surface area contributed by atoms with Gasteiger partial charge in [0.2, 0.25) is 0 Å². The fourth-order valence-electron chi connectivity index (χ4n) is 7.49. The number of pyridine rings is 2. The summed E-state index contributed by atoms with van der Waals surface area (Å²) in [5, 5.41) is 14.2. The molecule has 3 aromatic heterocycles. The van der Waals surface area contributed by atoms with Crippen LogP contribution < -0.4 is 9.64 Å². The number of hydrogen-bond donors (Lipinski definition) is 0. The van der Waals surface area contributed by atoms with Crippen LogP contribution in [0.5, 0.6) is 5.75 Å². The zero-order valence-electron chi connectivity index (χ0n) is 24.0. The molecule has 0 aliphatic carbocycles. The first kappa shape index (κ1) is 26.6. The first-order valence-electron chi connectivity index (χ1n) is 15.2. The summed E-state index contributed by atoms with van der Waals surface area (Å²) in [5.74, 6) is 1.48. The Labute approximate surface area is 250 Å². The predicted molar refractivity (Wildman–Crippen MR) is 159 cm³/mol. The third-order valence-corrected chi connectivity index (χ3v) is 9.72. The Hall–Kier alpha value is -4.04. The monoisotopic (exact) mass is 579 g/mol. The van der Waals surface area contributed by atoms with E-state index < -0.39 is 0 Å². The fraction of sp³-hybridized carbons (Fsp3) is 0.424. The number of nitriles is 1. The standard InChI is InChI=1S/C33H34FN7O2/c34-25-4-1-22(2-5-25)16-40-28-11-29(40)18-38(17-28)32-8-3-23(14-36-32)31-12-30(19-41-33(31)24(13-35)15-37-41)43-10-9-39-26-6-7-27(39)21-42-20-26/h1-5,8,12,14-15,19,26-29H,6-7,9-11,16-18,20-21H2. The Bertz CT molecular complexity index is 1640. The molecule has 220 valence electrons. The van der Waals surface area contributed by atoms with Crippen molar-refractivity contribution in [3.63, 3.8) is 0 Å². The minimum atomic E-state index is -0.194. The van der Waals surface area contributed by atoms with Gasteiger partial charge in [-0.1, -0.05) is 12.1 Å². The van der Waals surface area contributed by atoms with Crippen molar-refractivity contribution in [2.45, 2.75) is 50.0 Å². The van der Waals surface area contributed by atoms with E-state index in [0.717, 1.165) is 73.2 Å². The summed E-state index contributed by atoms with van der Waals surface area (Å²) in [6.45, 7) is 5.76. The van der Waals surface area contributed by atoms with Crippen molar-refractivity contribution < 1.29 is 13.9 Å². The lowest BCUT2D eigenvalue weighted by molar-refractivity contribution is -0.0190. The van der Waals surface area contributed by atoms with E-state index >= 15 is 0 Å². The zero-order chi connectivity index (χ0) is 28.9. The van der Waals surface area contributed by atoms with Gasteiger partial charge in [-0.05, 0) is 55.2 Å². The second kappa shape index (κ2) is 10.9. The summed E-state index contributed by atoms with van der Waals surface area (Å²) >= 11 is 0. The number of piperidine rings is 1. The van der Waals surface area contributed by atoms with Gasteiger partial charge in [-0.2, -0.15) is 10.4 Å². The maximum atomic E-state index is 13.3. The molecular weight excluding hydrogens is 545 g/mol. The van der Waals surface area contributed by atoms with Crippen molar-refractivity contribution in [2.75, 3.05) is 44.4 Å². The van der Waals surface area contributed by atoms with Gasteiger partial charge in [-0.3, -0.25) is 9.80 Å². The normalized spacial score (nSPS) is 25.1. The van der Waals surface area contributed by atoms with Crippen LogP contribution in [0.3, 0.4) is 0 Å². The molecule has 4 atom stereocenters. The lowest BCUT2D eigenvalue weighted by Gasteiger charge is -2.56. The summed E-state index contributed by atoms with van der Waals surface area (Å²) < 4.78 is 27.0. The van der Waals surface area contributed by atoms with Crippen LogP contribution in [0.1, 0.15) is 30.4 Å². The summed E-state index contributed by atoms with van der Waals surface area (Å²) in [7, 11) is 0. The number of benzene rings is 1. The van der Waals surface area contributed by atoms with Gasteiger partial charge in [0.25, 0.3) is 0 Å². The van der Waals surface area contributed by atoms with E-state index in [1.165, 1.54) is 31.4 Å². The number of anilines is 1. The van der Waals surface area contributed by atoms with E-state index in [4.69, 9.17) is 14.5 Å². The van der Waals surface area contributed by atoms with Gasteiger partial charge in [-0.15, -0.1) is 0 Å². The van der Waals surface area contributed by atoms with Gasteiger partial charge < -0.3 is 14.4 Å². The lowest BCUT2D eigenvalue weighted by atomic mass is 9.86. The smallest absolute Gasteiger partial charge is 0.138 e. The van der Waals surface area contributed by atoms with Crippen molar-refractivity contribution in [1.82, 2.24) is 24.4 Å². The number of morpholine rings is 1. The summed E-state index contributed by atoms with van der Waals surface area (Å²) in [6, 6.07) is 17.2. The van der Waals surface area contributed by atoms with Crippen LogP contribution in [0, 0.1) is 17.1 Å². The molecule has 9 rings (SSSR count). The number of hydrogen-bond acceptors (Lipinski definition) is 8. The first-order valence-corrected chi connectivity index (χ1v) is 15.2. The Morgan fingerprint density at radius 1 is 0.977 bits per heavy atom. The maximum absolute atomic E-state index is 13.3. The maximum Gasteiger partial charge on any atom is 0.138 e. The first-order chi connectivity index (χ1) is 21.1. The minimum Gasteiger partial charge on any atom is -0.491 e. The van der Waals surface area contributed by atoms with Crippen molar-refractivity contribution in [1.29, 1.82) is 5.26 Å². The number of fused-ring (bicyclic) bond motifs is 5. The average molecular weight is 580 g/mol. The van der Waals surface area contributed by atoms with E-state index in [1.54, 1.807) is 10.7 Å². The van der Waals surface area contributed by atoms with Gasteiger partial charge in [-0.25, -0.2) is 13.9 Å². The minimum absolute atomic E-state index is 0.194. The molecule has 8 heterocycles. The van der Waals surface area contributed by atoms with Gasteiger partial charge in [0.05, 0.1) is 36.7 Å². The van der Waals surface area contributed by atoms with Crippen molar-refractivity contribution in [3.05, 3.63) is 78.0 Å². The second-order valence-electron chi connectivity index (χ2n) is 12.2. The molecule has 0 saturated carbocycles. The Kier molecular flexibility index (Phi) is 6.74. The SMILES string of the molecule is N#Cc1cnn2cc(OCCN3C4CCC3COC4)cc(-c3ccc(N4CC5CC(C4)N5Cc4ccc(F)cc4)nc3)c12. The number of rotatable bonds is 8. The molecule has 0 amide bonds. The van der Waals surface area contributed by atoms with Gasteiger partial charge in [0, 0.05) is 67.7 Å². The third kappa shape index (κ3) is 4.91. The summed E-state index contributed by atoms with van der Waals surface area (Å²) in [5.41, 5.74) is 4.22. The molecule has 5 aliphatic heterocycles. The number of aromatic nitrogens is 3. The molecule has 43 heavy (non-hydrogen) atoms. The summed E-state index contributed by atoms with van der Waals surface area (Å²) in [6.07, 6.45) is 8.93. The van der Waals surface area contributed by atoms with Gasteiger partial charge in [0.15, 0.2) is 0 Å². The van der Waals surface area contributed by atoms with Crippen molar-refractivity contribution in [2.24, 2.45) is 0 Å². The molecule has 0 spiro atoms. The van der Waals surface area contributed by atoms with Crippen molar-refractivity contribution >= 4 is 11.3 Å². The van der Waals surface area contributed by atoms with E-state index in [2.05, 4.69) is 38.0 Å². The topological polar surface area (TPSA) is 82.2 Å². The lowest BCUT2D eigenvalue weighted by Crippen LogP contribution is -2.68. The molecule has 5 fully saturated rings. The highest BCUT2D eigenvalue weighted by Gasteiger charge is 2.44. The van der Waals surface area contributed by atoms with Crippen LogP contribution in [0.2, 0.25) is 0 Å². The molecule has 4 unspecified atom stereocenters. The zero-order valence-corrected chi connectivity index (χ0v) is 24.0. The molecule has 4 bridgehead atoms. The van der Waals surface area contributed by atoms with Crippen LogP contribution in [0.4, 0.5) is 10.2 Å². The quantitative estimate of drug-likeness (QED) is 0.309. The predicted octanol–water partition coefficient (Wildman–Crippen LogP) is 4.11. The van der Waals surface area contributed by atoms with Crippen LogP contribution in [0.15, 0.2) is 61.1 Å². The number of piperazine rings is 1. The number of ether oxygens (including phenoxy) is 2. The third-order valence-electron chi connectivity index (χ3n) is 9.72. The van der Waals surface area contributed by atoms with Gasteiger partial charge in [0.1, 0.15) is 30.1 Å². The molecule has 0 radical (unpaired) electrons. The molecule has 9 nitrogen and oxygen atoms in total. The number of halogens is 1. The Morgan fingerprint density at radius 2 is 1.77 bits per heavy atom. The van der Waals surface area contributed by atoms with Crippen molar-refractivity contribution in [3.8, 4) is 22.9 Å². The molecular formula is C33H34FN7O2. The van der Waals surface area contributed by atoms with Crippen LogP contribution in [0.25, 0.3) is 16.6 Å². The highest BCUT2D eigenvalue weighted by Crippen LogP contribution is 2.37. The van der Waals surface area contributed by atoms with Gasteiger partial charge >= 0.3 is 0 Å². The number of nitrogens with zero attached hydrogens (tertiary/aromatic N) is 7. The van der Waals surface area contributed by atoms with E-state index in [-0.39, 0.29) is 5.82 Å². The highest BCUT2D eigenvalue weighted by molar-refractivity contribution is 5.85. The van der Waals surface area contributed by atoms with Crippen LogP contribution in [-0.4, -0.2) is 88.0 Å². The molecule has 4 aromatic rings. The van der Waals surface area contributed by atoms with Crippen LogP contribution >= 0.6 is 0 Å². The molecule has 1 aromatic carbocycles. The Balaban J connectivity index is 0.974. The van der Waals surface area contributed by atoms with E-state index in [1.807, 2.05) is 30.6 Å². The molecule has 0 N–H and O–H groups in total. The largest absolute Gasteiger partial charge is 0.491 e. The fourth-order valence-corrected chi connectivity index (χ4v) is 7.49. The molecule has 5 aliphatic rings. The molecule has 5 saturated heterocycles.